The molecule has 0 radical (unpaired) electrons. The van der Waals surface area contributed by atoms with Crippen molar-refractivity contribution in [3.05, 3.63) is 206 Å². The summed E-state index contributed by atoms with van der Waals surface area (Å²) >= 11 is 0. The Morgan fingerprint density at radius 2 is 0.907 bits per heavy atom. The molecule has 3 heteroatoms. The van der Waals surface area contributed by atoms with Crippen LogP contribution in [0.2, 0.25) is 0 Å². The lowest BCUT2D eigenvalue weighted by Gasteiger charge is -2.29. The summed E-state index contributed by atoms with van der Waals surface area (Å²) in [7, 11) is 0. The second kappa shape index (κ2) is 13.4. The molecule has 0 aliphatic carbocycles. The van der Waals surface area contributed by atoms with Crippen molar-refractivity contribution in [1.82, 2.24) is 4.98 Å². The molecular weight excluding hydrogens is 657 g/mol. The van der Waals surface area contributed by atoms with Gasteiger partial charge in [-0.1, -0.05) is 158 Å². The number of aromatic nitrogens is 1. The number of hydrogen-bond acceptors (Lipinski definition) is 3. The van der Waals surface area contributed by atoms with E-state index in [1.54, 1.807) is 0 Å². The largest absolute Gasteiger partial charge is 0.435 e. The van der Waals surface area contributed by atoms with E-state index < -0.39 is 0 Å². The molecule has 3 nitrogen and oxygen atoms in total. The molecule has 0 aliphatic rings. The fourth-order valence-electron chi connectivity index (χ4n) is 7.71. The number of fused-ring (bicyclic) bond motifs is 5. The number of hydrogen-bond donors (Lipinski definition) is 0. The number of rotatable bonds is 7. The number of benzene rings is 9. The van der Waals surface area contributed by atoms with Gasteiger partial charge in [0.05, 0.1) is 5.69 Å². The first-order valence-corrected chi connectivity index (χ1v) is 18.3. The van der Waals surface area contributed by atoms with Crippen molar-refractivity contribution in [3.8, 4) is 44.8 Å². The summed E-state index contributed by atoms with van der Waals surface area (Å²) in [4.78, 5) is 7.33. The lowest BCUT2D eigenvalue weighted by molar-refractivity contribution is 0.623. The predicted octanol–water partition coefficient (Wildman–Crippen LogP) is 14.3. The molecule has 54 heavy (non-hydrogen) atoms. The van der Waals surface area contributed by atoms with Gasteiger partial charge in [0, 0.05) is 27.9 Å². The van der Waals surface area contributed by atoms with E-state index in [0.717, 1.165) is 66.4 Å². The van der Waals surface area contributed by atoms with Crippen LogP contribution in [0.4, 0.5) is 17.1 Å². The molecule has 0 saturated carbocycles. The van der Waals surface area contributed by atoms with Crippen LogP contribution in [0.3, 0.4) is 0 Å². The minimum atomic E-state index is 0.622. The summed E-state index contributed by atoms with van der Waals surface area (Å²) < 4.78 is 6.62. The van der Waals surface area contributed by atoms with E-state index >= 15 is 0 Å². The molecule has 0 spiro atoms. The van der Waals surface area contributed by atoms with Crippen molar-refractivity contribution < 1.29 is 4.42 Å². The second-order valence-corrected chi connectivity index (χ2v) is 13.5. The van der Waals surface area contributed by atoms with Gasteiger partial charge in [0.1, 0.15) is 5.52 Å². The first-order chi connectivity index (χ1) is 26.8. The molecule has 0 saturated heterocycles. The number of para-hydroxylation sites is 1. The third-order valence-electron chi connectivity index (χ3n) is 10.3. The van der Waals surface area contributed by atoms with Crippen LogP contribution < -0.4 is 4.90 Å². The smallest absolute Gasteiger partial charge is 0.227 e. The van der Waals surface area contributed by atoms with Crippen molar-refractivity contribution in [2.24, 2.45) is 0 Å². The minimum Gasteiger partial charge on any atom is -0.435 e. The summed E-state index contributed by atoms with van der Waals surface area (Å²) in [6.45, 7) is 0. The Morgan fingerprint density at radius 3 is 1.61 bits per heavy atom. The zero-order valence-electron chi connectivity index (χ0n) is 29.4. The molecular formula is C51H34N2O. The summed E-state index contributed by atoms with van der Waals surface area (Å²) in [5.74, 6) is 0.622. The quantitative estimate of drug-likeness (QED) is 0.156. The molecule has 0 unspecified atom stereocenters. The molecule has 10 aromatic rings. The first kappa shape index (κ1) is 31.5. The SMILES string of the molecule is c1ccc(-c2nc3ccc4ccc5ccc(N(c6ccc(-c7ccccc7)c(-c7ccccc7)c6)c6ccccc6-c6ccccc6)cc5c4c3o2)cc1. The average Bonchev–Trinajstić information content (AvgIpc) is 3.70. The first-order valence-electron chi connectivity index (χ1n) is 18.3. The molecule has 1 aromatic heterocycles. The highest BCUT2D eigenvalue weighted by Crippen LogP contribution is 2.45. The maximum Gasteiger partial charge on any atom is 0.227 e. The third kappa shape index (κ3) is 5.60. The third-order valence-corrected chi connectivity index (χ3v) is 10.3. The van der Waals surface area contributed by atoms with Gasteiger partial charge in [-0.15, -0.1) is 0 Å². The zero-order chi connectivity index (χ0) is 35.8. The molecule has 9 aromatic carbocycles. The van der Waals surface area contributed by atoms with E-state index in [1.165, 1.54) is 22.3 Å². The van der Waals surface area contributed by atoms with Gasteiger partial charge in [-0.25, -0.2) is 4.98 Å². The van der Waals surface area contributed by atoms with Crippen LogP contribution in [0.5, 0.6) is 0 Å². The van der Waals surface area contributed by atoms with Crippen molar-refractivity contribution >= 4 is 49.7 Å². The van der Waals surface area contributed by atoms with Crippen LogP contribution in [0.15, 0.2) is 211 Å². The Bertz CT molecular complexity index is 2920. The Morgan fingerprint density at radius 1 is 0.389 bits per heavy atom. The maximum absolute atomic E-state index is 6.62. The van der Waals surface area contributed by atoms with Crippen LogP contribution in [0.1, 0.15) is 0 Å². The molecule has 0 fully saturated rings. The minimum absolute atomic E-state index is 0.622. The average molecular weight is 691 g/mol. The molecule has 0 atom stereocenters. The van der Waals surface area contributed by atoms with Crippen molar-refractivity contribution in [2.75, 3.05) is 4.90 Å². The van der Waals surface area contributed by atoms with Gasteiger partial charge in [-0.3, -0.25) is 0 Å². The van der Waals surface area contributed by atoms with Gasteiger partial charge in [0.25, 0.3) is 0 Å². The van der Waals surface area contributed by atoms with E-state index in [-0.39, 0.29) is 0 Å². The Labute approximate surface area is 314 Å². The fraction of sp³-hybridized carbons (Fsp3) is 0. The summed E-state index contributed by atoms with van der Waals surface area (Å²) in [6, 6.07) is 73.0. The number of nitrogens with zero attached hydrogens (tertiary/aromatic N) is 2. The molecule has 0 bridgehead atoms. The van der Waals surface area contributed by atoms with Gasteiger partial charge < -0.3 is 9.32 Å². The molecule has 0 aliphatic heterocycles. The van der Waals surface area contributed by atoms with Crippen LogP contribution in [0.25, 0.3) is 77.5 Å². The van der Waals surface area contributed by atoms with Crippen molar-refractivity contribution in [3.63, 3.8) is 0 Å². The Hall–Kier alpha value is -7.23. The van der Waals surface area contributed by atoms with E-state index in [2.05, 4.69) is 181 Å². The second-order valence-electron chi connectivity index (χ2n) is 13.5. The van der Waals surface area contributed by atoms with E-state index in [9.17, 15) is 0 Å². The maximum atomic E-state index is 6.62. The van der Waals surface area contributed by atoms with Crippen LogP contribution in [-0.4, -0.2) is 4.98 Å². The van der Waals surface area contributed by atoms with Gasteiger partial charge in [0.2, 0.25) is 5.89 Å². The van der Waals surface area contributed by atoms with Gasteiger partial charge in [-0.05, 0) is 92.5 Å². The summed E-state index contributed by atoms with van der Waals surface area (Å²) in [5.41, 5.74) is 12.8. The van der Waals surface area contributed by atoms with Gasteiger partial charge >= 0.3 is 0 Å². The monoisotopic (exact) mass is 690 g/mol. The van der Waals surface area contributed by atoms with Crippen LogP contribution in [0, 0.1) is 0 Å². The predicted molar refractivity (Wildman–Crippen MR) is 225 cm³/mol. The molecule has 254 valence electrons. The standard InChI is InChI=1S/C51H34N2O/c1-5-15-35(16-6-1)43-31-30-42(33-45(43)37-19-9-3-10-20-37)53(48-24-14-13-23-44(48)36-17-7-2-8-18-36)41-29-27-38-25-26-39-28-32-47-50(49(39)46(38)34-41)54-51(52-47)40-21-11-4-12-22-40/h1-34H. The van der Waals surface area contributed by atoms with E-state index in [4.69, 9.17) is 9.40 Å². The fourth-order valence-corrected chi connectivity index (χ4v) is 7.71. The topological polar surface area (TPSA) is 29.3 Å². The van der Waals surface area contributed by atoms with Crippen LogP contribution in [-0.2, 0) is 0 Å². The highest BCUT2D eigenvalue weighted by atomic mass is 16.3. The number of anilines is 3. The molecule has 0 N–H and O–H groups in total. The van der Waals surface area contributed by atoms with Gasteiger partial charge in [-0.2, -0.15) is 0 Å². The Balaban J connectivity index is 1.24. The van der Waals surface area contributed by atoms with Crippen molar-refractivity contribution in [1.29, 1.82) is 0 Å². The normalized spacial score (nSPS) is 11.3. The highest BCUT2D eigenvalue weighted by molar-refractivity contribution is 6.18. The van der Waals surface area contributed by atoms with Crippen LogP contribution >= 0.6 is 0 Å². The zero-order valence-corrected chi connectivity index (χ0v) is 29.4. The lowest BCUT2D eigenvalue weighted by Crippen LogP contribution is -2.11. The molecule has 1 heterocycles. The lowest BCUT2D eigenvalue weighted by atomic mass is 9.93. The summed E-state index contributed by atoms with van der Waals surface area (Å²) in [6.07, 6.45) is 0. The highest BCUT2D eigenvalue weighted by Gasteiger charge is 2.21. The van der Waals surface area contributed by atoms with Crippen molar-refractivity contribution in [2.45, 2.75) is 0 Å². The number of oxazole rings is 1. The molecule has 0 amide bonds. The van der Waals surface area contributed by atoms with Gasteiger partial charge in [0.15, 0.2) is 5.58 Å². The van der Waals surface area contributed by atoms with E-state index in [0.29, 0.717) is 5.89 Å². The van der Waals surface area contributed by atoms with E-state index in [1.807, 2.05) is 30.3 Å². The Kier molecular flexibility index (Phi) is 7.81. The summed E-state index contributed by atoms with van der Waals surface area (Å²) in [5, 5.41) is 4.41. The molecule has 10 rings (SSSR count).